The van der Waals surface area contributed by atoms with E-state index in [4.69, 9.17) is 0 Å². The number of benzene rings is 1. The molecule has 2 rings (SSSR count). The fourth-order valence-corrected chi connectivity index (χ4v) is 1.79. The van der Waals surface area contributed by atoms with Crippen LogP contribution in [0.3, 0.4) is 0 Å². The average molecular weight is 283 g/mol. The molecule has 1 aromatic carbocycles. The summed E-state index contributed by atoms with van der Waals surface area (Å²) in [5.41, 5.74) is -0.583. The van der Waals surface area contributed by atoms with Crippen LogP contribution in [0.4, 0.5) is 18.9 Å². The van der Waals surface area contributed by atoms with Crippen LogP contribution in [0.5, 0.6) is 0 Å². The van der Waals surface area contributed by atoms with Gasteiger partial charge in [0.1, 0.15) is 0 Å². The quantitative estimate of drug-likeness (QED) is 0.910. The zero-order chi connectivity index (χ0) is 14.8. The van der Waals surface area contributed by atoms with E-state index in [-0.39, 0.29) is 16.9 Å². The molecule has 0 spiro atoms. The van der Waals surface area contributed by atoms with Gasteiger partial charge < -0.3 is 5.32 Å². The molecule has 0 atom stereocenters. The summed E-state index contributed by atoms with van der Waals surface area (Å²) in [6, 6.07) is 6.48. The fraction of sp³-hybridized carbons (Fsp3) is 0.231. The predicted molar refractivity (Wildman–Crippen MR) is 69.5 cm³/mol. The van der Waals surface area contributed by atoms with E-state index in [1.807, 2.05) is 0 Å². The molecular formula is C13H12F3N3O. The molecule has 2 aromatic rings. The largest absolute Gasteiger partial charge is 0.418 e. The first-order valence-corrected chi connectivity index (χ1v) is 5.93. The lowest BCUT2D eigenvalue weighted by Crippen LogP contribution is -2.11. The normalized spacial score (nSPS) is 11.4. The van der Waals surface area contributed by atoms with Crippen molar-refractivity contribution in [2.45, 2.75) is 13.1 Å². The van der Waals surface area contributed by atoms with Gasteiger partial charge in [0.05, 0.1) is 11.3 Å². The Kier molecular flexibility index (Phi) is 3.78. The minimum absolute atomic E-state index is 0.0215. The van der Waals surface area contributed by atoms with Crippen molar-refractivity contribution >= 4 is 5.69 Å². The summed E-state index contributed by atoms with van der Waals surface area (Å²) in [7, 11) is 0. The Hall–Kier alpha value is -2.31. The van der Waals surface area contributed by atoms with Crippen LogP contribution in [0.15, 0.2) is 35.1 Å². The maximum absolute atomic E-state index is 13.0. The van der Waals surface area contributed by atoms with E-state index in [9.17, 15) is 18.0 Å². The Morgan fingerprint density at radius 2 is 2.00 bits per heavy atom. The van der Waals surface area contributed by atoms with Crippen molar-refractivity contribution in [2.24, 2.45) is 0 Å². The highest BCUT2D eigenvalue weighted by atomic mass is 19.4. The molecule has 0 amide bonds. The van der Waals surface area contributed by atoms with Crippen LogP contribution in [0, 0.1) is 0 Å². The molecular weight excluding hydrogens is 271 g/mol. The summed E-state index contributed by atoms with van der Waals surface area (Å²) in [6.45, 7) is 2.11. The third-order valence-electron chi connectivity index (χ3n) is 2.67. The van der Waals surface area contributed by atoms with E-state index in [1.165, 1.54) is 24.3 Å². The van der Waals surface area contributed by atoms with Gasteiger partial charge in [-0.3, -0.25) is 4.79 Å². The van der Waals surface area contributed by atoms with Crippen LogP contribution >= 0.6 is 0 Å². The zero-order valence-electron chi connectivity index (χ0n) is 10.6. The Balaban J connectivity index is 2.51. The third-order valence-corrected chi connectivity index (χ3v) is 2.67. The minimum Gasteiger partial charge on any atom is -0.385 e. The van der Waals surface area contributed by atoms with Gasteiger partial charge in [0.15, 0.2) is 0 Å². The lowest BCUT2D eigenvalue weighted by Gasteiger charge is -2.15. The molecule has 0 fully saturated rings. The summed E-state index contributed by atoms with van der Waals surface area (Å²) >= 11 is 0. The van der Waals surface area contributed by atoms with Crippen LogP contribution in [0.25, 0.3) is 11.3 Å². The first-order valence-electron chi connectivity index (χ1n) is 5.93. The Morgan fingerprint density at radius 3 is 2.55 bits per heavy atom. The number of aromatic amines is 1. The van der Waals surface area contributed by atoms with Crippen molar-refractivity contribution < 1.29 is 13.2 Å². The molecule has 1 aromatic heterocycles. The Labute approximate surface area is 112 Å². The summed E-state index contributed by atoms with van der Waals surface area (Å²) in [6.07, 6.45) is -4.46. The molecule has 20 heavy (non-hydrogen) atoms. The number of anilines is 1. The fourth-order valence-electron chi connectivity index (χ4n) is 1.79. The second-order valence-electron chi connectivity index (χ2n) is 4.09. The van der Waals surface area contributed by atoms with Crippen LogP contribution in [-0.2, 0) is 6.18 Å². The molecule has 0 saturated carbocycles. The van der Waals surface area contributed by atoms with Crippen LogP contribution < -0.4 is 10.9 Å². The molecule has 7 heteroatoms. The van der Waals surface area contributed by atoms with Crippen molar-refractivity contribution in [3.05, 3.63) is 46.2 Å². The van der Waals surface area contributed by atoms with Gasteiger partial charge in [-0.2, -0.15) is 18.3 Å². The standard InChI is InChI=1S/C13H12F3N3O/c1-2-17-11-4-3-8(7-9(11)13(14,15)16)10-5-6-12(20)19-18-10/h3-7,17H,2H2,1H3,(H,19,20). The highest BCUT2D eigenvalue weighted by Gasteiger charge is 2.33. The Bertz CT molecular complexity index is 644. The van der Waals surface area contributed by atoms with Crippen molar-refractivity contribution in [1.29, 1.82) is 0 Å². The molecule has 2 N–H and O–H groups in total. The number of alkyl halides is 3. The van der Waals surface area contributed by atoms with Gasteiger partial charge in [0.25, 0.3) is 5.56 Å². The van der Waals surface area contributed by atoms with Gasteiger partial charge in [-0.1, -0.05) is 6.07 Å². The van der Waals surface area contributed by atoms with Crippen molar-refractivity contribution in [3.63, 3.8) is 0 Å². The van der Waals surface area contributed by atoms with Crippen LogP contribution in [0.1, 0.15) is 12.5 Å². The second-order valence-corrected chi connectivity index (χ2v) is 4.09. The van der Waals surface area contributed by atoms with E-state index in [0.29, 0.717) is 6.54 Å². The van der Waals surface area contributed by atoms with Gasteiger partial charge in [-0.25, -0.2) is 5.10 Å². The first kappa shape index (κ1) is 14.1. The molecule has 4 nitrogen and oxygen atoms in total. The molecule has 0 bridgehead atoms. The summed E-state index contributed by atoms with van der Waals surface area (Å²) in [5.74, 6) is 0. The van der Waals surface area contributed by atoms with Gasteiger partial charge >= 0.3 is 6.18 Å². The summed E-state index contributed by atoms with van der Waals surface area (Å²) in [4.78, 5) is 10.9. The smallest absolute Gasteiger partial charge is 0.385 e. The molecule has 1 heterocycles. The number of rotatable bonds is 3. The van der Waals surface area contributed by atoms with E-state index in [2.05, 4.69) is 15.5 Å². The zero-order valence-corrected chi connectivity index (χ0v) is 10.6. The number of aromatic nitrogens is 2. The monoisotopic (exact) mass is 283 g/mol. The number of halogens is 3. The molecule has 0 unspecified atom stereocenters. The lowest BCUT2D eigenvalue weighted by molar-refractivity contribution is -0.136. The average Bonchev–Trinajstić information content (AvgIpc) is 2.39. The number of hydrogen-bond donors (Lipinski definition) is 2. The molecule has 0 aliphatic rings. The van der Waals surface area contributed by atoms with Gasteiger partial charge in [-0.15, -0.1) is 0 Å². The van der Waals surface area contributed by atoms with Crippen molar-refractivity contribution in [3.8, 4) is 11.3 Å². The number of H-pyrrole nitrogens is 1. The molecule has 0 saturated heterocycles. The second kappa shape index (κ2) is 5.36. The van der Waals surface area contributed by atoms with E-state index >= 15 is 0 Å². The van der Waals surface area contributed by atoms with E-state index < -0.39 is 17.3 Å². The first-order chi connectivity index (χ1) is 9.41. The highest BCUT2D eigenvalue weighted by Crippen LogP contribution is 2.37. The number of nitrogens with one attached hydrogen (secondary N) is 2. The predicted octanol–water partition coefficient (Wildman–Crippen LogP) is 2.89. The van der Waals surface area contributed by atoms with E-state index in [0.717, 1.165) is 6.07 Å². The van der Waals surface area contributed by atoms with Crippen molar-refractivity contribution in [2.75, 3.05) is 11.9 Å². The van der Waals surface area contributed by atoms with Gasteiger partial charge in [-0.05, 0) is 25.1 Å². The van der Waals surface area contributed by atoms with Crippen LogP contribution in [0.2, 0.25) is 0 Å². The number of hydrogen-bond acceptors (Lipinski definition) is 3. The third kappa shape index (κ3) is 2.98. The highest BCUT2D eigenvalue weighted by molar-refractivity contribution is 5.66. The molecule has 0 radical (unpaired) electrons. The molecule has 0 aliphatic heterocycles. The maximum Gasteiger partial charge on any atom is 0.418 e. The maximum atomic E-state index is 13.0. The minimum atomic E-state index is -4.46. The molecule has 106 valence electrons. The summed E-state index contributed by atoms with van der Waals surface area (Å²) in [5, 5.41) is 8.59. The topological polar surface area (TPSA) is 57.8 Å². The molecule has 0 aliphatic carbocycles. The van der Waals surface area contributed by atoms with E-state index in [1.54, 1.807) is 6.92 Å². The van der Waals surface area contributed by atoms with Gasteiger partial charge in [0.2, 0.25) is 0 Å². The Morgan fingerprint density at radius 1 is 1.25 bits per heavy atom. The van der Waals surface area contributed by atoms with Crippen molar-refractivity contribution in [1.82, 2.24) is 10.2 Å². The van der Waals surface area contributed by atoms with Crippen LogP contribution in [-0.4, -0.2) is 16.7 Å². The summed E-state index contributed by atoms with van der Waals surface area (Å²) < 4.78 is 39.0. The number of nitrogens with zero attached hydrogens (tertiary/aromatic N) is 1. The SMILES string of the molecule is CCNc1ccc(-c2ccc(=O)[nH]n2)cc1C(F)(F)F. The van der Waals surface area contributed by atoms with Gasteiger partial charge in [0, 0.05) is 23.9 Å². The lowest BCUT2D eigenvalue weighted by atomic mass is 10.1.